The molecule has 3 heterocycles. The van der Waals surface area contributed by atoms with Crippen LogP contribution in [0.25, 0.3) is 0 Å². The number of pyridine rings is 1. The van der Waals surface area contributed by atoms with Gasteiger partial charge in [0.05, 0.1) is 13.2 Å². The van der Waals surface area contributed by atoms with Crippen molar-refractivity contribution in [1.29, 1.82) is 0 Å². The smallest absolute Gasteiger partial charge is 0.244 e. The first-order valence-electron chi connectivity index (χ1n) is 8.72. The van der Waals surface area contributed by atoms with Gasteiger partial charge in [-0.3, -0.25) is 4.79 Å². The number of rotatable bonds is 5. The van der Waals surface area contributed by atoms with Gasteiger partial charge >= 0.3 is 0 Å². The highest BCUT2D eigenvalue weighted by molar-refractivity contribution is 7.89. The number of hydrogen-bond acceptors (Lipinski definition) is 6. The number of amides is 1. The molecular weight excluding hydrogens is 356 g/mol. The number of sulfonamides is 1. The van der Waals surface area contributed by atoms with Crippen LogP contribution in [-0.2, 0) is 19.6 Å². The fourth-order valence-electron chi connectivity index (χ4n) is 3.15. The molecule has 2 aliphatic heterocycles. The maximum Gasteiger partial charge on any atom is 0.244 e. The van der Waals surface area contributed by atoms with E-state index < -0.39 is 10.0 Å². The van der Waals surface area contributed by atoms with Gasteiger partial charge in [-0.05, 0) is 31.1 Å². The zero-order valence-electron chi connectivity index (χ0n) is 14.6. The van der Waals surface area contributed by atoms with Crippen molar-refractivity contribution in [3.05, 3.63) is 31.0 Å². The van der Waals surface area contributed by atoms with E-state index in [2.05, 4.69) is 21.8 Å². The number of morpholine rings is 1. The predicted molar refractivity (Wildman–Crippen MR) is 97.4 cm³/mol. The Kier molecular flexibility index (Phi) is 5.90. The minimum atomic E-state index is -3.57. The van der Waals surface area contributed by atoms with Crippen LogP contribution in [0.2, 0.25) is 0 Å². The van der Waals surface area contributed by atoms with E-state index in [0.29, 0.717) is 39.1 Å². The van der Waals surface area contributed by atoms with Gasteiger partial charge < -0.3 is 15.0 Å². The molecule has 0 aliphatic carbocycles. The summed E-state index contributed by atoms with van der Waals surface area (Å²) in [6, 6.07) is 3.34. The van der Waals surface area contributed by atoms with Crippen LogP contribution in [0.1, 0.15) is 12.8 Å². The fourth-order valence-corrected chi connectivity index (χ4v) is 4.57. The van der Waals surface area contributed by atoms with Gasteiger partial charge in [-0.15, -0.1) is 0 Å². The Hall–Kier alpha value is -1.97. The molecule has 1 N–H and O–H groups in total. The molecule has 1 amide bonds. The quantitative estimate of drug-likeness (QED) is 0.743. The van der Waals surface area contributed by atoms with E-state index in [1.807, 2.05) is 0 Å². The Bertz CT molecular complexity index is 737. The second kappa shape index (κ2) is 8.15. The van der Waals surface area contributed by atoms with Crippen molar-refractivity contribution >= 4 is 21.7 Å². The third kappa shape index (κ3) is 4.22. The second-order valence-electron chi connectivity index (χ2n) is 6.34. The highest BCUT2D eigenvalue weighted by Crippen LogP contribution is 2.22. The molecule has 0 bridgehead atoms. The third-order valence-electron chi connectivity index (χ3n) is 4.68. The number of ether oxygens (including phenoxy) is 1. The molecular formula is C17H24N4O4S. The van der Waals surface area contributed by atoms with Gasteiger partial charge in [0.1, 0.15) is 10.7 Å². The number of nitrogens with zero attached hydrogens (tertiary/aromatic N) is 3. The van der Waals surface area contributed by atoms with Crippen LogP contribution in [0, 0.1) is 0 Å². The van der Waals surface area contributed by atoms with Crippen molar-refractivity contribution in [2.75, 3.05) is 44.3 Å². The largest absolute Gasteiger partial charge is 0.378 e. The number of hydrogen-bond donors (Lipinski definition) is 1. The molecule has 0 radical (unpaired) electrons. The van der Waals surface area contributed by atoms with E-state index in [1.165, 1.54) is 16.6 Å². The second-order valence-corrected chi connectivity index (χ2v) is 8.28. The van der Waals surface area contributed by atoms with Crippen LogP contribution in [0.3, 0.4) is 0 Å². The molecule has 142 valence electrons. The number of carbonyl (C=O) groups excluding carboxylic acids is 1. The molecule has 2 fully saturated rings. The third-order valence-corrected chi connectivity index (χ3v) is 6.56. The molecule has 1 aromatic rings. The predicted octanol–water partition coefficient (Wildman–Crippen LogP) is 0.373. The lowest BCUT2D eigenvalue weighted by Crippen LogP contribution is -2.46. The number of piperidine rings is 1. The first-order chi connectivity index (χ1) is 12.5. The minimum absolute atomic E-state index is 0.0197. The van der Waals surface area contributed by atoms with Crippen molar-refractivity contribution in [2.45, 2.75) is 23.8 Å². The van der Waals surface area contributed by atoms with Crippen molar-refractivity contribution in [3.8, 4) is 0 Å². The minimum Gasteiger partial charge on any atom is -0.378 e. The normalized spacial score (nSPS) is 19.9. The molecule has 9 heteroatoms. The average molecular weight is 380 g/mol. The van der Waals surface area contributed by atoms with Crippen molar-refractivity contribution in [2.24, 2.45) is 0 Å². The lowest BCUT2D eigenvalue weighted by molar-refractivity contribution is -0.117. The lowest BCUT2D eigenvalue weighted by Gasteiger charge is -2.31. The van der Waals surface area contributed by atoms with Crippen LogP contribution in [-0.4, -0.2) is 69.0 Å². The van der Waals surface area contributed by atoms with Gasteiger partial charge in [0, 0.05) is 38.4 Å². The highest BCUT2D eigenvalue weighted by Gasteiger charge is 2.30. The molecule has 8 nitrogen and oxygen atoms in total. The number of carbonyl (C=O) groups is 1. The van der Waals surface area contributed by atoms with Crippen LogP contribution in [0.15, 0.2) is 35.9 Å². The summed E-state index contributed by atoms with van der Waals surface area (Å²) in [7, 11) is -3.57. The Labute approximate surface area is 153 Å². The molecule has 0 spiro atoms. The number of aromatic nitrogens is 1. The van der Waals surface area contributed by atoms with Gasteiger partial charge in [0.2, 0.25) is 15.9 Å². The van der Waals surface area contributed by atoms with Crippen LogP contribution in [0.5, 0.6) is 0 Å². The average Bonchev–Trinajstić information content (AvgIpc) is 2.69. The topological polar surface area (TPSA) is 91.8 Å². The molecule has 0 saturated carbocycles. The summed E-state index contributed by atoms with van der Waals surface area (Å²) in [4.78, 5) is 18.0. The van der Waals surface area contributed by atoms with E-state index in [4.69, 9.17) is 4.74 Å². The first-order valence-corrected chi connectivity index (χ1v) is 10.2. The summed E-state index contributed by atoms with van der Waals surface area (Å²) in [6.45, 7) is 6.98. The van der Waals surface area contributed by atoms with Crippen molar-refractivity contribution in [3.63, 3.8) is 0 Å². The van der Waals surface area contributed by atoms with Gasteiger partial charge in [-0.1, -0.05) is 6.58 Å². The number of anilines is 1. The molecule has 2 saturated heterocycles. The molecule has 3 rings (SSSR count). The summed E-state index contributed by atoms with van der Waals surface area (Å²) in [5.74, 6) is 0.535. The van der Waals surface area contributed by atoms with Crippen LogP contribution < -0.4 is 10.2 Å². The fraction of sp³-hybridized carbons (Fsp3) is 0.529. The van der Waals surface area contributed by atoms with E-state index in [0.717, 1.165) is 18.9 Å². The monoisotopic (exact) mass is 380 g/mol. The van der Waals surface area contributed by atoms with Crippen molar-refractivity contribution in [1.82, 2.24) is 14.6 Å². The Morgan fingerprint density at radius 3 is 2.50 bits per heavy atom. The highest BCUT2D eigenvalue weighted by atomic mass is 32.2. The first kappa shape index (κ1) is 18.8. The zero-order chi connectivity index (χ0) is 18.6. The van der Waals surface area contributed by atoms with Crippen molar-refractivity contribution < 1.29 is 17.9 Å². The van der Waals surface area contributed by atoms with E-state index in [-0.39, 0.29) is 16.8 Å². The van der Waals surface area contributed by atoms with Crippen LogP contribution in [0.4, 0.5) is 5.82 Å². The van der Waals surface area contributed by atoms with E-state index in [9.17, 15) is 13.2 Å². The molecule has 0 atom stereocenters. The van der Waals surface area contributed by atoms with Gasteiger partial charge in [0.15, 0.2) is 0 Å². The molecule has 26 heavy (non-hydrogen) atoms. The van der Waals surface area contributed by atoms with Gasteiger partial charge in [-0.2, -0.15) is 4.31 Å². The van der Waals surface area contributed by atoms with E-state index in [1.54, 1.807) is 12.1 Å². The molecule has 0 unspecified atom stereocenters. The molecule has 0 aromatic carbocycles. The Balaban J connectivity index is 1.63. The molecule has 2 aliphatic rings. The maximum absolute atomic E-state index is 12.8. The Morgan fingerprint density at radius 2 is 1.92 bits per heavy atom. The SMILES string of the molecule is C=CC(=O)NC1CCN(S(=O)(=O)c2ccc(N3CCOCC3)nc2)CC1. The summed E-state index contributed by atoms with van der Waals surface area (Å²) in [5.41, 5.74) is 0. The standard InChI is InChI=1S/C17H24N4O4S/c1-2-17(22)19-14-5-7-21(8-6-14)26(23,24)15-3-4-16(18-13-15)20-9-11-25-12-10-20/h2-4,13-14H,1,5-12H2,(H,19,22). The lowest BCUT2D eigenvalue weighted by atomic mass is 10.1. The van der Waals surface area contributed by atoms with Gasteiger partial charge in [-0.25, -0.2) is 13.4 Å². The van der Waals surface area contributed by atoms with E-state index >= 15 is 0 Å². The van der Waals surface area contributed by atoms with Gasteiger partial charge in [0.25, 0.3) is 0 Å². The summed E-state index contributed by atoms with van der Waals surface area (Å²) in [5, 5.41) is 2.82. The zero-order valence-corrected chi connectivity index (χ0v) is 15.5. The number of nitrogens with one attached hydrogen (secondary N) is 1. The Morgan fingerprint density at radius 1 is 1.23 bits per heavy atom. The maximum atomic E-state index is 12.8. The van der Waals surface area contributed by atoms with Crippen LogP contribution >= 0.6 is 0 Å². The summed E-state index contributed by atoms with van der Waals surface area (Å²) >= 11 is 0. The molecule has 1 aromatic heterocycles. The summed E-state index contributed by atoms with van der Waals surface area (Å²) < 4.78 is 32.4. The summed E-state index contributed by atoms with van der Waals surface area (Å²) in [6.07, 6.45) is 3.81.